The van der Waals surface area contributed by atoms with Gasteiger partial charge in [-0.1, -0.05) is 6.07 Å². The summed E-state index contributed by atoms with van der Waals surface area (Å²) in [6.07, 6.45) is 0.517. The van der Waals surface area contributed by atoms with Crippen molar-refractivity contribution >= 4 is 5.97 Å². The second kappa shape index (κ2) is 7.01. The highest BCUT2D eigenvalue weighted by Gasteiger charge is 2.05. The predicted molar refractivity (Wildman–Crippen MR) is 68.6 cm³/mol. The normalized spacial score (nSPS) is 12.0. The van der Waals surface area contributed by atoms with E-state index in [9.17, 15) is 9.90 Å². The maximum absolute atomic E-state index is 10.9. The molecule has 1 aromatic carbocycles. The first kappa shape index (κ1) is 14.5. The minimum atomic E-state index is -0.475. The van der Waals surface area contributed by atoms with Crippen LogP contribution in [0, 0.1) is 6.92 Å². The van der Waals surface area contributed by atoms with Gasteiger partial charge in [-0.25, -0.2) is 0 Å². The lowest BCUT2D eigenvalue weighted by Crippen LogP contribution is -2.05. The molecule has 0 aliphatic rings. The lowest BCUT2D eigenvalue weighted by atomic mass is 10.1. The van der Waals surface area contributed by atoms with Gasteiger partial charge in [0.2, 0.25) is 0 Å². The lowest BCUT2D eigenvalue weighted by molar-refractivity contribution is -0.140. The van der Waals surface area contributed by atoms with Crippen molar-refractivity contribution < 1.29 is 19.4 Å². The molecule has 18 heavy (non-hydrogen) atoms. The Kier molecular flexibility index (Phi) is 5.65. The molecule has 0 spiro atoms. The van der Waals surface area contributed by atoms with Crippen LogP contribution in [0.2, 0.25) is 0 Å². The number of hydrogen-bond acceptors (Lipinski definition) is 4. The molecule has 100 valence electrons. The maximum atomic E-state index is 10.9. The van der Waals surface area contributed by atoms with Gasteiger partial charge in [0.25, 0.3) is 0 Å². The predicted octanol–water partition coefficient (Wildman–Crippen LogP) is 2.38. The van der Waals surface area contributed by atoms with Gasteiger partial charge in [0.15, 0.2) is 0 Å². The molecule has 1 unspecified atom stereocenters. The number of hydrogen-bond donors (Lipinski definition) is 1. The monoisotopic (exact) mass is 252 g/mol. The van der Waals surface area contributed by atoms with Crippen LogP contribution in [0.1, 0.15) is 37.0 Å². The van der Waals surface area contributed by atoms with Crippen molar-refractivity contribution in [2.75, 3.05) is 13.7 Å². The summed E-state index contributed by atoms with van der Waals surface area (Å²) in [5.41, 5.74) is 1.85. The van der Waals surface area contributed by atoms with Gasteiger partial charge in [-0.15, -0.1) is 0 Å². The van der Waals surface area contributed by atoms with Crippen LogP contribution in [0.3, 0.4) is 0 Å². The van der Waals surface area contributed by atoms with Crippen molar-refractivity contribution in [3.05, 3.63) is 29.3 Å². The zero-order valence-electron chi connectivity index (χ0n) is 11.1. The number of benzene rings is 1. The Labute approximate surface area is 108 Å². The zero-order chi connectivity index (χ0) is 13.5. The van der Waals surface area contributed by atoms with Crippen molar-refractivity contribution in [1.29, 1.82) is 0 Å². The van der Waals surface area contributed by atoms with Gasteiger partial charge in [0.05, 0.1) is 19.8 Å². The molecule has 0 aromatic heterocycles. The Morgan fingerprint density at radius 2 is 2.17 bits per heavy atom. The first-order valence-corrected chi connectivity index (χ1v) is 6.03. The molecule has 1 atom stereocenters. The van der Waals surface area contributed by atoms with Gasteiger partial charge >= 0.3 is 5.97 Å². The fraction of sp³-hybridized carbons (Fsp3) is 0.500. The molecule has 0 heterocycles. The van der Waals surface area contributed by atoms with E-state index in [1.807, 2.05) is 25.1 Å². The number of methoxy groups -OCH3 is 1. The number of carbonyl (C=O) groups excluding carboxylic acids is 1. The second-order valence-electron chi connectivity index (χ2n) is 4.23. The highest BCUT2D eigenvalue weighted by molar-refractivity contribution is 5.69. The largest absolute Gasteiger partial charge is 0.493 e. The first-order chi connectivity index (χ1) is 8.54. The third kappa shape index (κ3) is 4.37. The van der Waals surface area contributed by atoms with Crippen LogP contribution < -0.4 is 4.74 Å². The van der Waals surface area contributed by atoms with Crippen LogP contribution in [0.25, 0.3) is 0 Å². The summed E-state index contributed by atoms with van der Waals surface area (Å²) in [5.74, 6) is 0.559. The van der Waals surface area contributed by atoms with Crippen molar-refractivity contribution in [3.8, 4) is 5.75 Å². The molecule has 0 saturated heterocycles. The third-order valence-electron chi connectivity index (χ3n) is 2.69. The average Bonchev–Trinajstić information content (AvgIpc) is 2.35. The van der Waals surface area contributed by atoms with Crippen molar-refractivity contribution in [3.63, 3.8) is 0 Å². The minimum Gasteiger partial charge on any atom is -0.493 e. The van der Waals surface area contributed by atoms with E-state index in [-0.39, 0.29) is 5.97 Å². The number of esters is 1. The number of aliphatic hydroxyl groups excluding tert-OH is 1. The molecule has 1 rings (SSSR count). The van der Waals surface area contributed by atoms with Gasteiger partial charge in [-0.05, 0) is 43.5 Å². The first-order valence-electron chi connectivity index (χ1n) is 6.03. The molecule has 0 aliphatic carbocycles. The molecule has 0 saturated carbocycles. The number of ether oxygens (including phenoxy) is 2. The molecule has 0 radical (unpaired) electrons. The fourth-order valence-electron chi connectivity index (χ4n) is 1.60. The number of rotatable bonds is 6. The van der Waals surface area contributed by atoms with E-state index >= 15 is 0 Å². The van der Waals surface area contributed by atoms with Crippen LogP contribution in [0.15, 0.2) is 18.2 Å². The molecule has 0 aliphatic heterocycles. The third-order valence-corrected chi connectivity index (χ3v) is 2.69. The Bertz CT molecular complexity index is 399. The van der Waals surface area contributed by atoms with Crippen molar-refractivity contribution in [2.45, 2.75) is 32.8 Å². The number of aliphatic hydroxyl groups is 1. The van der Waals surface area contributed by atoms with Crippen molar-refractivity contribution in [2.24, 2.45) is 0 Å². The zero-order valence-corrected chi connectivity index (χ0v) is 11.1. The second-order valence-corrected chi connectivity index (χ2v) is 4.23. The van der Waals surface area contributed by atoms with E-state index in [0.717, 1.165) is 16.9 Å². The highest BCUT2D eigenvalue weighted by Crippen LogP contribution is 2.22. The van der Waals surface area contributed by atoms with Crippen molar-refractivity contribution in [1.82, 2.24) is 0 Å². The standard InChI is InChI=1S/C14H20O4/c1-10-9-12(11(2)15)6-7-13(10)18-8-4-5-14(16)17-3/h6-7,9,11,15H,4-5,8H2,1-3H3. The Hall–Kier alpha value is -1.55. The molecule has 1 N–H and O–H groups in total. The maximum Gasteiger partial charge on any atom is 0.305 e. The summed E-state index contributed by atoms with van der Waals surface area (Å²) in [6, 6.07) is 5.59. The molecule has 1 aromatic rings. The Morgan fingerprint density at radius 1 is 1.44 bits per heavy atom. The summed E-state index contributed by atoms with van der Waals surface area (Å²) in [6.45, 7) is 4.14. The Balaban J connectivity index is 2.45. The van der Waals surface area contributed by atoms with Gasteiger partial charge < -0.3 is 14.6 Å². The van der Waals surface area contributed by atoms with E-state index in [4.69, 9.17) is 4.74 Å². The smallest absolute Gasteiger partial charge is 0.305 e. The van der Waals surface area contributed by atoms with Crippen LogP contribution in [-0.2, 0) is 9.53 Å². The molecule has 0 bridgehead atoms. The molecule has 4 nitrogen and oxygen atoms in total. The van der Waals surface area contributed by atoms with E-state index in [2.05, 4.69) is 4.74 Å². The van der Waals surface area contributed by atoms with E-state index in [1.54, 1.807) is 6.92 Å². The minimum absolute atomic E-state index is 0.222. The molecular formula is C14H20O4. The summed E-state index contributed by atoms with van der Waals surface area (Å²) in [5, 5.41) is 9.45. The van der Waals surface area contributed by atoms with Crippen LogP contribution in [-0.4, -0.2) is 24.8 Å². The van der Waals surface area contributed by atoms with Crippen LogP contribution in [0.4, 0.5) is 0 Å². The van der Waals surface area contributed by atoms with Gasteiger partial charge in [0.1, 0.15) is 5.75 Å². The Morgan fingerprint density at radius 3 is 2.72 bits per heavy atom. The SMILES string of the molecule is COC(=O)CCCOc1ccc(C(C)O)cc1C. The van der Waals surface area contributed by atoms with Crippen LogP contribution >= 0.6 is 0 Å². The summed E-state index contributed by atoms with van der Waals surface area (Å²) < 4.78 is 10.1. The molecular weight excluding hydrogens is 232 g/mol. The average molecular weight is 252 g/mol. The summed E-state index contributed by atoms with van der Waals surface area (Å²) in [4.78, 5) is 10.9. The molecule has 0 amide bonds. The topological polar surface area (TPSA) is 55.8 Å². The van der Waals surface area contributed by atoms with Crippen LogP contribution in [0.5, 0.6) is 5.75 Å². The summed E-state index contributed by atoms with van der Waals surface area (Å²) >= 11 is 0. The molecule has 0 fully saturated rings. The highest BCUT2D eigenvalue weighted by atomic mass is 16.5. The van der Waals surface area contributed by atoms with E-state index in [0.29, 0.717) is 19.4 Å². The number of carbonyl (C=O) groups is 1. The summed E-state index contributed by atoms with van der Waals surface area (Å²) in [7, 11) is 1.38. The van der Waals surface area contributed by atoms with Gasteiger partial charge in [0, 0.05) is 6.42 Å². The fourth-order valence-corrected chi connectivity index (χ4v) is 1.60. The van der Waals surface area contributed by atoms with E-state index in [1.165, 1.54) is 7.11 Å². The lowest BCUT2D eigenvalue weighted by Gasteiger charge is -2.11. The van der Waals surface area contributed by atoms with Gasteiger partial charge in [-0.3, -0.25) is 4.79 Å². The van der Waals surface area contributed by atoms with Gasteiger partial charge in [-0.2, -0.15) is 0 Å². The quantitative estimate of drug-likeness (QED) is 0.624. The number of aryl methyl sites for hydroxylation is 1. The molecule has 4 heteroatoms. The van der Waals surface area contributed by atoms with E-state index < -0.39 is 6.10 Å².